The highest BCUT2D eigenvalue weighted by atomic mass is 32.1. The van der Waals surface area contributed by atoms with E-state index in [0.717, 1.165) is 28.2 Å². The van der Waals surface area contributed by atoms with Crippen LogP contribution in [0.4, 0.5) is 5.00 Å². The van der Waals surface area contributed by atoms with Crippen LogP contribution in [0.5, 0.6) is 0 Å². The van der Waals surface area contributed by atoms with Crippen LogP contribution < -0.4 is 5.32 Å². The van der Waals surface area contributed by atoms with Crippen molar-refractivity contribution < 1.29 is 14.3 Å². The van der Waals surface area contributed by atoms with Gasteiger partial charge in [-0.25, -0.2) is 0 Å². The second kappa shape index (κ2) is 10.7. The number of hydrogen-bond acceptors (Lipinski definition) is 6. The van der Waals surface area contributed by atoms with Crippen LogP contribution in [0.15, 0.2) is 36.4 Å². The van der Waals surface area contributed by atoms with Crippen LogP contribution in [-0.4, -0.2) is 35.4 Å². The molecular formula is C23H26N4O3S. The molecule has 0 fully saturated rings. The van der Waals surface area contributed by atoms with Crippen LogP contribution in [0.3, 0.4) is 0 Å². The van der Waals surface area contributed by atoms with E-state index < -0.39 is 0 Å². The van der Waals surface area contributed by atoms with Gasteiger partial charge in [-0.3, -0.25) is 14.6 Å². The van der Waals surface area contributed by atoms with Crippen molar-refractivity contribution in [2.24, 2.45) is 0 Å². The lowest BCUT2D eigenvalue weighted by molar-refractivity contribution is -0.131. The van der Waals surface area contributed by atoms with Crippen molar-refractivity contribution in [3.05, 3.63) is 57.9 Å². The molecule has 1 aliphatic heterocycles. The number of nitrogens with one attached hydrogen (secondary N) is 1. The molecule has 3 heterocycles. The van der Waals surface area contributed by atoms with Crippen LogP contribution in [0.25, 0.3) is 0 Å². The molecule has 2 aromatic rings. The zero-order valence-corrected chi connectivity index (χ0v) is 18.6. The van der Waals surface area contributed by atoms with Gasteiger partial charge in [-0.2, -0.15) is 5.26 Å². The van der Waals surface area contributed by atoms with Gasteiger partial charge in [0.1, 0.15) is 11.1 Å². The number of carbonyl (C=O) groups is 2. The summed E-state index contributed by atoms with van der Waals surface area (Å²) in [4.78, 5) is 31.9. The van der Waals surface area contributed by atoms with Crippen LogP contribution in [0.1, 0.15) is 47.8 Å². The first kappa shape index (κ1) is 22.5. The van der Waals surface area contributed by atoms with Gasteiger partial charge in [0.2, 0.25) is 11.8 Å². The zero-order valence-electron chi connectivity index (χ0n) is 17.8. The molecule has 0 atom stereocenters. The molecule has 0 aliphatic carbocycles. The van der Waals surface area contributed by atoms with E-state index in [9.17, 15) is 14.9 Å². The molecule has 2 amide bonds. The second-order valence-electron chi connectivity index (χ2n) is 7.25. The monoisotopic (exact) mass is 438 g/mol. The number of allylic oxidation sites excluding steroid dienone is 2. The van der Waals surface area contributed by atoms with Crippen molar-refractivity contribution in [1.82, 2.24) is 9.88 Å². The lowest BCUT2D eigenvalue weighted by Gasteiger charge is -2.27. The summed E-state index contributed by atoms with van der Waals surface area (Å²) in [5, 5.41) is 13.1. The largest absolute Gasteiger partial charge is 0.501 e. The van der Waals surface area contributed by atoms with E-state index in [2.05, 4.69) is 16.4 Å². The maximum absolute atomic E-state index is 12.7. The molecule has 1 aliphatic rings. The van der Waals surface area contributed by atoms with Gasteiger partial charge >= 0.3 is 0 Å². The van der Waals surface area contributed by atoms with E-state index in [4.69, 9.17) is 4.74 Å². The number of rotatable bonds is 8. The van der Waals surface area contributed by atoms with Crippen molar-refractivity contribution in [3.8, 4) is 6.07 Å². The van der Waals surface area contributed by atoms with Crippen LogP contribution >= 0.6 is 11.3 Å². The van der Waals surface area contributed by atoms with Crippen LogP contribution in [-0.2, 0) is 33.7 Å². The molecule has 0 saturated heterocycles. The fourth-order valence-electron chi connectivity index (χ4n) is 3.55. The quantitative estimate of drug-likeness (QED) is 0.633. The molecule has 1 N–H and O–H groups in total. The van der Waals surface area contributed by atoms with E-state index in [-0.39, 0.29) is 18.2 Å². The van der Waals surface area contributed by atoms with E-state index in [1.165, 1.54) is 11.3 Å². The van der Waals surface area contributed by atoms with E-state index in [0.29, 0.717) is 42.9 Å². The van der Waals surface area contributed by atoms with Gasteiger partial charge in [-0.1, -0.05) is 6.92 Å². The average molecular weight is 439 g/mol. The Labute approximate surface area is 186 Å². The molecule has 8 heteroatoms. The number of anilines is 1. The average Bonchev–Trinajstić information content (AvgIpc) is 3.13. The number of aromatic nitrogens is 1. The number of nitriles is 1. The highest BCUT2D eigenvalue weighted by molar-refractivity contribution is 7.16. The highest BCUT2D eigenvalue weighted by Crippen LogP contribution is 2.37. The smallest absolute Gasteiger partial charge is 0.227 e. The number of fused-ring (bicyclic) bond motifs is 1. The Morgan fingerprint density at radius 3 is 2.81 bits per heavy atom. The van der Waals surface area contributed by atoms with E-state index >= 15 is 0 Å². The fraction of sp³-hybridized carbons (Fsp3) is 0.391. The van der Waals surface area contributed by atoms with Gasteiger partial charge in [-0.15, -0.1) is 11.3 Å². The molecule has 3 rings (SSSR count). The first-order valence-electron chi connectivity index (χ1n) is 10.3. The van der Waals surface area contributed by atoms with E-state index in [1.54, 1.807) is 19.5 Å². The Hall–Kier alpha value is -3.18. The van der Waals surface area contributed by atoms with Gasteiger partial charge in [0.25, 0.3) is 0 Å². The Morgan fingerprint density at radius 2 is 2.13 bits per heavy atom. The SMILES string of the molecule is CC/C=C(/CCC(=O)Nc1sc2c(c1C#N)CCN(C(=O)Cc1ccncc1)C2)OC. The van der Waals surface area contributed by atoms with Crippen molar-refractivity contribution in [2.75, 3.05) is 19.0 Å². The zero-order chi connectivity index (χ0) is 22.2. The van der Waals surface area contributed by atoms with Crippen molar-refractivity contribution >= 4 is 28.2 Å². The first-order chi connectivity index (χ1) is 15.0. The summed E-state index contributed by atoms with van der Waals surface area (Å²) in [6.45, 7) is 3.04. The number of ether oxygens (including phenoxy) is 1. The molecule has 31 heavy (non-hydrogen) atoms. The number of amides is 2. The third kappa shape index (κ3) is 5.70. The number of pyridine rings is 1. The molecule has 162 valence electrons. The minimum absolute atomic E-state index is 0.0455. The minimum Gasteiger partial charge on any atom is -0.501 e. The summed E-state index contributed by atoms with van der Waals surface area (Å²) >= 11 is 1.39. The highest BCUT2D eigenvalue weighted by Gasteiger charge is 2.27. The van der Waals surface area contributed by atoms with Crippen molar-refractivity contribution in [2.45, 2.75) is 45.6 Å². The summed E-state index contributed by atoms with van der Waals surface area (Å²) in [5.74, 6) is 0.677. The Bertz CT molecular complexity index is 1010. The predicted molar refractivity (Wildman–Crippen MR) is 119 cm³/mol. The molecular weight excluding hydrogens is 412 g/mol. The lowest BCUT2D eigenvalue weighted by atomic mass is 10.0. The maximum Gasteiger partial charge on any atom is 0.227 e. The summed E-state index contributed by atoms with van der Waals surface area (Å²) in [5.41, 5.74) is 2.39. The van der Waals surface area contributed by atoms with Crippen molar-refractivity contribution in [3.63, 3.8) is 0 Å². The molecule has 0 bridgehead atoms. The second-order valence-corrected chi connectivity index (χ2v) is 8.35. The predicted octanol–water partition coefficient (Wildman–Crippen LogP) is 3.80. The molecule has 0 radical (unpaired) electrons. The number of methoxy groups -OCH3 is 1. The third-order valence-corrected chi connectivity index (χ3v) is 6.30. The van der Waals surface area contributed by atoms with Crippen LogP contribution in [0.2, 0.25) is 0 Å². The molecule has 0 saturated carbocycles. The molecule has 2 aromatic heterocycles. The summed E-state index contributed by atoms with van der Waals surface area (Å²) < 4.78 is 5.27. The molecule has 0 spiro atoms. The third-order valence-electron chi connectivity index (χ3n) is 5.17. The lowest BCUT2D eigenvalue weighted by Crippen LogP contribution is -2.36. The van der Waals surface area contributed by atoms with Gasteiger partial charge in [0.05, 0.1) is 31.4 Å². The Kier molecular flexibility index (Phi) is 7.79. The number of hydrogen-bond donors (Lipinski definition) is 1. The first-order valence-corrected chi connectivity index (χ1v) is 11.1. The maximum atomic E-state index is 12.7. The normalized spacial score (nSPS) is 13.3. The number of carbonyl (C=O) groups excluding carboxylic acids is 2. The topological polar surface area (TPSA) is 95.3 Å². The molecule has 0 aromatic carbocycles. The molecule has 7 nitrogen and oxygen atoms in total. The summed E-state index contributed by atoms with van der Waals surface area (Å²) in [6.07, 6.45) is 7.89. The standard InChI is InChI=1S/C23H26N4O3S/c1-3-4-17(30-2)5-6-21(28)26-23-19(14-24)18-9-12-27(15-20(18)31-23)22(29)13-16-7-10-25-11-8-16/h4,7-8,10-11H,3,5-6,9,12-13,15H2,1-2H3,(H,26,28)/b17-4-. The number of thiophene rings is 1. The van der Waals surface area contributed by atoms with Gasteiger partial charge in [-0.05, 0) is 42.2 Å². The minimum atomic E-state index is -0.153. The summed E-state index contributed by atoms with van der Waals surface area (Å²) in [7, 11) is 1.60. The Morgan fingerprint density at radius 1 is 1.35 bits per heavy atom. The fourth-order valence-corrected chi connectivity index (χ4v) is 4.78. The Balaban J connectivity index is 1.66. The van der Waals surface area contributed by atoms with Gasteiger partial charge < -0.3 is 15.0 Å². The van der Waals surface area contributed by atoms with Crippen LogP contribution in [0, 0.1) is 11.3 Å². The van der Waals surface area contributed by atoms with E-state index in [1.807, 2.05) is 30.0 Å². The number of nitrogens with zero attached hydrogens (tertiary/aromatic N) is 3. The summed E-state index contributed by atoms with van der Waals surface area (Å²) in [6, 6.07) is 5.91. The van der Waals surface area contributed by atoms with Gasteiger partial charge in [0, 0.05) is 36.7 Å². The van der Waals surface area contributed by atoms with Crippen molar-refractivity contribution in [1.29, 1.82) is 5.26 Å². The molecule has 0 unspecified atom stereocenters. The van der Waals surface area contributed by atoms with Gasteiger partial charge in [0.15, 0.2) is 0 Å².